The van der Waals surface area contributed by atoms with Gasteiger partial charge < -0.3 is 14.3 Å². The molecule has 7 rings (SSSR count). The number of allylic oxidation sites excluding steroid dienone is 1. The van der Waals surface area contributed by atoms with Crippen molar-refractivity contribution in [3.05, 3.63) is 65.7 Å². The highest BCUT2D eigenvalue weighted by molar-refractivity contribution is 8.14. The first kappa shape index (κ1) is 29.8. The van der Waals surface area contributed by atoms with Gasteiger partial charge in [-0.15, -0.1) is 0 Å². The van der Waals surface area contributed by atoms with Crippen molar-refractivity contribution >= 4 is 28.9 Å². The normalized spacial score (nSPS) is 34.8. The van der Waals surface area contributed by atoms with Crippen molar-refractivity contribution in [2.24, 2.45) is 22.7 Å². The number of pyridine rings is 1. The van der Waals surface area contributed by atoms with E-state index in [0.717, 1.165) is 41.2 Å². The van der Waals surface area contributed by atoms with Crippen LogP contribution in [0.25, 0.3) is 11.8 Å². The minimum atomic E-state index is -2.05. The summed E-state index contributed by atoms with van der Waals surface area (Å²) in [7, 11) is 0. The average Bonchev–Trinajstić information content (AvgIpc) is 3.75. The molecule has 3 aromatic rings. The van der Waals surface area contributed by atoms with E-state index in [2.05, 4.69) is 15.1 Å². The summed E-state index contributed by atoms with van der Waals surface area (Å²) in [6.07, 6.45) is 7.43. The molecule has 1 unspecified atom stereocenters. The number of esters is 1. The molecule has 7 atom stereocenters. The number of aromatic nitrogens is 4. The molecule has 0 spiro atoms. The lowest BCUT2D eigenvalue weighted by Gasteiger charge is -2.63. The van der Waals surface area contributed by atoms with E-state index in [4.69, 9.17) is 9.15 Å². The molecule has 3 heterocycles. The van der Waals surface area contributed by atoms with E-state index in [1.807, 2.05) is 26.0 Å². The first-order valence-corrected chi connectivity index (χ1v) is 15.9. The molecule has 0 radical (unpaired) electrons. The fourth-order valence-electron chi connectivity index (χ4n) is 9.03. The summed E-state index contributed by atoms with van der Waals surface area (Å²) in [4.78, 5) is 34.7. The van der Waals surface area contributed by atoms with Gasteiger partial charge in [0.05, 0.1) is 41.7 Å². The van der Waals surface area contributed by atoms with Gasteiger partial charge in [0.15, 0.2) is 17.7 Å². The number of aliphatic hydroxyl groups excluding tert-OH is 1. The Morgan fingerprint density at radius 1 is 1.24 bits per heavy atom. The number of ether oxygens (including phenoxy) is 1. The maximum Gasteiger partial charge on any atom is 0.361 e. The van der Waals surface area contributed by atoms with Gasteiger partial charge in [0.2, 0.25) is 11.1 Å². The number of nitrogens with zero attached hydrogens (tertiary/aromatic N) is 5. The van der Waals surface area contributed by atoms with Gasteiger partial charge in [-0.05, 0) is 68.2 Å². The molecule has 0 aromatic carbocycles. The van der Waals surface area contributed by atoms with Crippen molar-refractivity contribution in [2.75, 3.05) is 5.75 Å². The monoisotopic (exact) mass is 635 g/mol. The van der Waals surface area contributed by atoms with E-state index in [9.17, 15) is 24.3 Å². The Morgan fingerprint density at radius 2 is 2.07 bits per heavy atom. The third-order valence-electron chi connectivity index (χ3n) is 11.2. The average molecular weight is 636 g/mol. The minimum absolute atomic E-state index is 0.106. The predicted octanol–water partition coefficient (Wildman–Crippen LogP) is 5.02. The second kappa shape index (κ2) is 10.3. The lowest BCUT2D eigenvalue weighted by molar-refractivity contribution is -0.222. The van der Waals surface area contributed by atoms with Gasteiger partial charge in [0.1, 0.15) is 11.9 Å². The van der Waals surface area contributed by atoms with Gasteiger partial charge in [-0.1, -0.05) is 31.2 Å². The molecule has 4 aliphatic rings. The number of rotatable bonds is 5. The van der Waals surface area contributed by atoms with Crippen LogP contribution < -0.4 is 0 Å². The van der Waals surface area contributed by atoms with Gasteiger partial charge in [-0.25, -0.2) is 23.8 Å². The molecule has 13 heteroatoms. The van der Waals surface area contributed by atoms with Crippen LogP contribution in [0.4, 0.5) is 8.78 Å². The summed E-state index contributed by atoms with van der Waals surface area (Å²) < 4.78 is 44.3. The molecule has 45 heavy (non-hydrogen) atoms. The SMILES string of the molecule is C[C@]12Cc3cnn(-c4ccc(F)nc4)c3C=C1CC[C@H]1[C@@H]3CC[C@](OC(=O)c4cocn4)(C(=O)SCC#N)[C@@]3(C)C[C@H](O)C12F. The van der Waals surface area contributed by atoms with Crippen molar-refractivity contribution < 1.29 is 32.6 Å². The van der Waals surface area contributed by atoms with Crippen molar-refractivity contribution in [1.29, 1.82) is 5.26 Å². The van der Waals surface area contributed by atoms with Crippen LogP contribution in [0.15, 0.2) is 47.2 Å². The molecule has 0 saturated heterocycles. The highest BCUT2D eigenvalue weighted by Crippen LogP contribution is 2.71. The fourth-order valence-corrected chi connectivity index (χ4v) is 9.83. The van der Waals surface area contributed by atoms with Gasteiger partial charge in [0, 0.05) is 16.7 Å². The van der Waals surface area contributed by atoms with Crippen LogP contribution >= 0.6 is 11.8 Å². The number of carbonyl (C=O) groups excluding carboxylic acids is 2. The smallest absolute Gasteiger partial charge is 0.361 e. The third-order valence-corrected chi connectivity index (χ3v) is 12.0. The summed E-state index contributed by atoms with van der Waals surface area (Å²) in [6, 6.07) is 4.80. The molecule has 0 aliphatic heterocycles. The summed E-state index contributed by atoms with van der Waals surface area (Å²) >= 11 is 0.767. The van der Waals surface area contributed by atoms with Crippen molar-refractivity contribution in [2.45, 2.75) is 69.7 Å². The largest absolute Gasteiger partial charge is 0.451 e. The van der Waals surface area contributed by atoms with Crippen LogP contribution in [0, 0.1) is 39.9 Å². The summed E-state index contributed by atoms with van der Waals surface area (Å²) in [5, 5.41) is 25.2. The number of aliphatic hydroxyl groups is 1. The second-order valence-electron chi connectivity index (χ2n) is 13.0. The first-order chi connectivity index (χ1) is 21.5. The Morgan fingerprint density at radius 3 is 2.78 bits per heavy atom. The number of hydrogen-bond acceptors (Lipinski definition) is 10. The number of hydrogen-bond donors (Lipinski definition) is 1. The number of thioether (sulfide) groups is 1. The molecule has 234 valence electrons. The van der Waals surface area contributed by atoms with Crippen LogP contribution in [0.5, 0.6) is 0 Å². The van der Waals surface area contributed by atoms with Crippen LogP contribution in [-0.2, 0) is 16.0 Å². The van der Waals surface area contributed by atoms with Gasteiger partial charge in [-0.3, -0.25) is 4.79 Å². The van der Waals surface area contributed by atoms with E-state index in [1.54, 1.807) is 16.9 Å². The molecule has 10 nitrogen and oxygen atoms in total. The molecule has 0 bridgehead atoms. The lowest BCUT2D eigenvalue weighted by Crippen LogP contribution is -2.70. The molecule has 3 saturated carbocycles. The number of alkyl halides is 1. The maximum atomic E-state index is 18.1. The van der Waals surface area contributed by atoms with E-state index < -0.39 is 57.1 Å². The van der Waals surface area contributed by atoms with Crippen LogP contribution in [0.2, 0.25) is 0 Å². The number of fused-ring (bicyclic) bond motifs is 6. The number of carbonyl (C=O) groups is 2. The molecule has 4 aliphatic carbocycles. The van der Waals surface area contributed by atoms with E-state index in [-0.39, 0.29) is 24.3 Å². The zero-order valence-corrected chi connectivity index (χ0v) is 25.5. The second-order valence-corrected chi connectivity index (χ2v) is 14.0. The number of halogens is 2. The fraction of sp³-hybridized carbons (Fsp3) is 0.500. The Bertz CT molecular complexity index is 1760. The van der Waals surface area contributed by atoms with Crippen LogP contribution in [-0.4, -0.2) is 59.1 Å². The first-order valence-electron chi connectivity index (χ1n) is 14.9. The molecular formula is C32H31F2N5O5S. The predicted molar refractivity (Wildman–Crippen MR) is 157 cm³/mol. The topological polar surface area (TPSA) is 144 Å². The highest BCUT2D eigenvalue weighted by atomic mass is 32.2. The Balaban J connectivity index is 1.26. The Labute approximate surface area is 261 Å². The Kier molecular flexibility index (Phi) is 6.83. The number of nitriles is 1. The molecule has 1 N–H and O–H groups in total. The van der Waals surface area contributed by atoms with Gasteiger partial charge in [-0.2, -0.15) is 14.8 Å². The summed E-state index contributed by atoms with van der Waals surface area (Å²) in [5.41, 5.74) is -3.02. The van der Waals surface area contributed by atoms with Crippen LogP contribution in [0.1, 0.15) is 67.7 Å². The Hall–Kier alpha value is -3.89. The van der Waals surface area contributed by atoms with Gasteiger partial charge >= 0.3 is 5.97 Å². The minimum Gasteiger partial charge on any atom is -0.451 e. The maximum absolute atomic E-state index is 18.1. The summed E-state index contributed by atoms with van der Waals surface area (Å²) in [6.45, 7) is 3.67. The standard InChI is InChI=1S/C32H31F2N5O5S/c1-29-12-18-14-38-39(20-4-6-26(33)36-15-20)24(18)11-19(29)3-5-22-21-7-8-31(28(42)45-10-9-35,44-27(41)23-16-43-17-37-23)30(21,2)13-25(40)32(22,29)34/h4,6,11,14-17,21-22,25,40H,3,5,7-8,10,12-13H2,1-2H3/t21-,22-,25-,29-,30-,31-,32?/m0/s1. The molecule has 3 fully saturated rings. The zero-order valence-electron chi connectivity index (χ0n) is 24.7. The molecule has 3 aromatic heterocycles. The molecular weight excluding hydrogens is 604 g/mol. The van der Waals surface area contributed by atoms with Crippen molar-refractivity contribution in [3.63, 3.8) is 0 Å². The van der Waals surface area contributed by atoms with E-state index in [1.165, 1.54) is 12.3 Å². The lowest BCUT2D eigenvalue weighted by atomic mass is 9.44. The zero-order chi connectivity index (χ0) is 31.8. The highest BCUT2D eigenvalue weighted by Gasteiger charge is 2.76. The van der Waals surface area contributed by atoms with Crippen molar-refractivity contribution in [1.82, 2.24) is 19.7 Å². The van der Waals surface area contributed by atoms with E-state index in [0.29, 0.717) is 31.4 Å². The summed E-state index contributed by atoms with van der Waals surface area (Å²) in [5.74, 6) is -2.62. The molecule has 0 amide bonds. The quantitative estimate of drug-likeness (QED) is 0.300. The van der Waals surface area contributed by atoms with Crippen molar-refractivity contribution in [3.8, 4) is 11.8 Å². The number of oxazole rings is 1. The third kappa shape index (κ3) is 4.04. The van der Waals surface area contributed by atoms with Crippen LogP contribution in [0.3, 0.4) is 0 Å². The van der Waals surface area contributed by atoms with E-state index >= 15 is 4.39 Å². The van der Waals surface area contributed by atoms with Gasteiger partial charge in [0.25, 0.3) is 0 Å².